The smallest absolute Gasteiger partial charge is 0.220 e. The van der Waals surface area contributed by atoms with Crippen LogP contribution in [0.2, 0.25) is 5.02 Å². The topological polar surface area (TPSA) is 67.6 Å². The first-order chi connectivity index (χ1) is 13.2. The minimum Gasteiger partial charge on any atom is -0.441 e. The predicted octanol–water partition coefficient (Wildman–Crippen LogP) is 3.16. The van der Waals surface area contributed by atoms with E-state index in [9.17, 15) is 4.79 Å². The molecule has 1 aliphatic heterocycles. The van der Waals surface area contributed by atoms with Gasteiger partial charge in [-0.25, -0.2) is 4.98 Å². The molecule has 0 radical (unpaired) electrons. The molecule has 27 heavy (non-hydrogen) atoms. The second kappa shape index (κ2) is 10.4. The van der Waals surface area contributed by atoms with Crippen molar-refractivity contribution < 1.29 is 13.9 Å². The Morgan fingerprint density at radius 1 is 1.22 bits per heavy atom. The van der Waals surface area contributed by atoms with Crippen LogP contribution in [0.4, 0.5) is 0 Å². The van der Waals surface area contributed by atoms with Crippen LogP contribution < -0.4 is 5.32 Å². The van der Waals surface area contributed by atoms with Crippen LogP contribution in [0.1, 0.15) is 25.2 Å². The quantitative estimate of drug-likeness (QED) is 0.665. The van der Waals surface area contributed by atoms with Crippen LogP contribution in [0.15, 0.2) is 34.9 Å². The van der Waals surface area contributed by atoms with Gasteiger partial charge in [-0.3, -0.25) is 9.69 Å². The summed E-state index contributed by atoms with van der Waals surface area (Å²) in [7, 11) is 0. The molecule has 7 heteroatoms. The first-order valence-electron chi connectivity index (χ1n) is 9.49. The molecule has 1 N–H and O–H groups in total. The number of amides is 1. The molecular formula is C20H26ClN3O3. The van der Waals surface area contributed by atoms with Crippen LogP contribution in [0.25, 0.3) is 11.3 Å². The van der Waals surface area contributed by atoms with Gasteiger partial charge < -0.3 is 14.5 Å². The summed E-state index contributed by atoms with van der Waals surface area (Å²) in [6, 6.07) is 7.46. The molecule has 0 bridgehead atoms. The molecule has 1 fully saturated rings. The summed E-state index contributed by atoms with van der Waals surface area (Å²) < 4.78 is 11.1. The fourth-order valence-corrected chi connectivity index (χ4v) is 3.26. The van der Waals surface area contributed by atoms with E-state index >= 15 is 0 Å². The Labute approximate surface area is 164 Å². The van der Waals surface area contributed by atoms with E-state index in [1.165, 1.54) is 0 Å². The van der Waals surface area contributed by atoms with E-state index < -0.39 is 0 Å². The number of ether oxygens (including phenoxy) is 1. The highest BCUT2D eigenvalue weighted by molar-refractivity contribution is 6.33. The van der Waals surface area contributed by atoms with E-state index in [0.29, 0.717) is 36.1 Å². The first-order valence-corrected chi connectivity index (χ1v) is 9.86. The van der Waals surface area contributed by atoms with Crippen molar-refractivity contribution in [3.05, 3.63) is 41.4 Å². The van der Waals surface area contributed by atoms with Gasteiger partial charge in [-0.15, -0.1) is 0 Å². The van der Waals surface area contributed by atoms with Gasteiger partial charge in [-0.05, 0) is 31.5 Å². The summed E-state index contributed by atoms with van der Waals surface area (Å²) in [5.74, 6) is 1.20. The molecule has 0 saturated carbocycles. The summed E-state index contributed by atoms with van der Waals surface area (Å²) in [5, 5.41) is 3.59. The van der Waals surface area contributed by atoms with Crippen LogP contribution in [0, 0.1) is 0 Å². The van der Waals surface area contributed by atoms with Gasteiger partial charge >= 0.3 is 0 Å². The molecular weight excluding hydrogens is 366 g/mol. The highest BCUT2D eigenvalue weighted by Crippen LogP contribution is 2.28. The number of nitrogens with one attached hydrogen (secondary N) is 1. The van der Waals surface area contributed by atoms with Gasteiger partial charge in [0.05, 0.1) is 24.4 Å². The van der Waals surface area contributed by atoms with E-state index in [2.05, 4.69) is 15.2 Å². The number of unbranched alkanes of at least 4 members (excludes halogenated alkanes) is 1. The van der Waals surface area contributed by atoms with E-state index in [0.717, 1.165) is 51.3 Å². The molecule has 1 aliphatic rings. The Kier molecular flexibility index (Phi) is 7.68. The molecule has 3 rings (SSSR count). The Hall–Kier alpha value is -1.89. The number of rotatable bonds is 9. The minimum absolute atomic E-state index is 0.0267. The Bertz CT molecular complexity index is 729. The maximum Gasteiger partial charge on any atom is 0.220 e. The van der Waals surface area contributed by atoms with Crippen molar-refractivity contribution in [3.63, 3.8) is 0 Å². The van der Waals surface area contributed by atoms with Crippen LogP contribution >= 0.6 is 11.6 Å². The van der Waals surface area contributed by atoms with Crippen LogP contribution in [-0.2, 0) is 16.0 Å². The zero-order valence-corrected chi connectivity index (χ0v) is 16.2. The fraction of sp³-hybridized carbons (Fsp3) is 0.500. The van der Waals surface area contributed by atoms with E-state index in [1.54, 1.807) is 6.20 Å². The summed E-state index contributed by atoms with van der Waals surface area (Å²) >= 11 is 6.17. The summed E-state index contributed by atoms with van der Waals surface area (Å²) in [6.07, 6.45) is 4.57. The average molecular weight is 392 g/mol. The Morgan fingerprint density at radius 3 is 2.85 bits per heavy atom. The van der Waals surface area contributed by atoms with Crippen molar-refractivity contribution in [2.45, 2.75) is 25.7 Å². The number of benzene rings is 1. The average Bonchev–Trinajstić information content (AvgIpc) is 3.16. The maximum atomic E-state index is 12.0. The lowest BCUT2D eigenvalue weighted by Crippen LogP contribution is -2.37. The third-order valence-electron chi connectivity index (χ3n) is 4.59. The second-order valence-corrected chi connectivity index (χ2v) is 7.02. The molecule has 0 unspecified atom stereocenters. The lowest BCUT2D eigenvalue weighted by atomic mass is 10.2. The molecule has 2 aromatic rings. The lowest BCUT2D eigenvalue weighted by molar-refractivity contribution is -0.121. The zero-order chi connectivity index (χ0) is 18.9. The van der Waals surface area contributed by atoms with Gasteiger partial charge in [0.2, 0.25) is 5.91 Å². The third kappa shape index (κ3) is 6.34. The van der Waals surface area contributed by atoms with E-state index in [1.807, 2.05) is 24.3 Å². The van der Waals surface area contributed by atoms with Crippen LogP contribution in [-0.4, -0.2) is 55.2 Å². The molecule has 0 spiro atoms. The number of morpholine rings is 1. The number of hydrogen-bond donors (Lipinski definition) is 1. The molecule has 1 saturated heterocycles. The molecule has 1 aromatic heterocycles. The molecule has 0 aliphatic carbocycles. The summed E-state index contributed by atoms with van der Waals surface area (Å²) in [4.78, 5) is 18.6. The molecule has 6 nitrogen and oxygen atoms in total. The second-order valence-electron chi connectivity index (χ2n) is 6.61. The number of hydrogen-bond acceptors (Lipinski definition) is 5. The Balaban J connectivity index is 1.32. The number of aryl methyl sites for hydroxylation is 1. The predicted molar refractivity (Wildman–Crippen MR) is 105 cm³/mol. The number of aromatic nitrogens is 1. The van der Waals surface area contributed by atoms with Gasteiger partial charge in [-0.2, -0.15) is 0 Å². The molecule has 0 atom stereocenters. The van der Waals surface area contributed by atoms with E-state index in [4.69, 9.17) is 20.8 Å². The van der Waals surface area contributed by atoms with Crippen LogP contribution in [0.3, 0.4) is 0 Å². The lowest BCUT2D eigenvalue weighted by Gasteiger charge is -2.26. The minimum atomic E-state index is 0.0267. The van der Waals surface area contributed by atoms with Crippen molar-refractivity contribution in [2.75, 3.05) is 39.4 Å². The molecule has 146 valence electrons. The third-order valence-corrected chi connectivity index (χ3v) is 4.92. The fourth-order valence-electron chi connectivity index (χ4n) is 3.03. The molecule has 1 aromatic carbocycles. The zero-order valence-electron chi connectivity index (χ0n) is 15.5. The number of oxazole rings is 1. The van der Waals surface area contributed by atoms with Gasteiger partial charge in [0.15, 0.2) is 11.7 Å². The first kappa shape index (κ1) is 19.9. The number of carbonyl (C=O) groups is 1. The van der Waals surface area contributed by atoms with Gasteiger partial charge in [0.1, 0.15) is 0 Å². The Morgan fingerprint density at radius 2 is 2.04 bits per heavy atom. The SMILES string of the molecule is O=C(CCc1ncc(-c2ccccc2Cl)o1)NCCCCN1CCOCC1. The molecule has 2 heterocycles. The normalized spacial score (nSPS) is 15.0. The highest BCUT2D eigenvalue weighted by Gasteiger charge is 2.11. The van der Waals surface area contributed by atoms with Crippen molar-refractivity contribution in [3.8, 4) is 11.3 Å². The van der Waals surface area contributed by atoms with Crippen molar-refractivity contribution in [2.24, 2.45) is 0 Å². The standard InChI is InChI=1S/C20H26ClN3O3/c21-17-6-2-1-5-16(17)18-15-23-20(27-18)8-7-19(25)22-9-3-4-10-24-11-13-26-14-12-24/h1-2,5-6,15H,3-4,7-14H2,(H,22,25). The summed E-state index contributed by atoms with van der Waals surface area (Å²) in [5.41, 5.74) is 0.808. The van der Waals surface area contributed by atoms with Crippen molar-refractivity contribution >= 4 is 17.5 Å². The van der Waals surface area contributed by atoms with Crippen LogP contribution in [0.5, 0.6) is 0 Å². The van der Waals surface area contributed by atoms with E-state index in [-0.39, 0.29) is 5.91 Å². The van der Waals surface area contributed by atoms with Crippen molar-refractivity contribution in [1.29, 1.82) is 0 Å². The van der Waals surface area contributed by atoms with Gasteiger partial charge in [0.25, 0.3) is 0 Å². The van der Waals surface area contributed by atoms with Gasteiger partial charge in [0, 0.05) is 38.0 Å². The molecule has 1 amide bonds. The monoisotopic (exact) mass is 391 g/mol. The number of halogens is 1. The largest absolute Gasteiger partial charge is 0.441 e. The number of carbonyl (C=O) groups excluding carboxylic acids is 1. The summed E-state index contributed by atoms with van der Waals surface area (Å²) in [6.45, 7) is 5.46. The maximum absolute atomic E-state index is 12.0. The highest BCUT2D eigenvalue weighted by atomic mass is 35.5. The van der Waals surface area contributed by atoms with Gasteiger partial charge in [-0.1, -0.05) is 23.7 Å². The number of nitrogens with zero attached hydrogens (tertiary/aromatic N) is 2. The van der Waals surface area contributed by atoms with Crippen molar-refractivity contribution in [1.82, 2.24) is 15.2 Å².